The van der Waals surface area contributed by atoms with Crippen LogP contribution in [0.25, 0.3) is 0 Å². The van der Waals surface area contributed by atoms with Gasteiger partial charge in [-0.1, -0.05) is 51.5 Å². The van der Waals surface area contributed by atoms with Crippen molar-refractivity contribution in [3.8, 4) is 11.5 Å². The third-order valence-corrected chi connectivity index (χ3v) is 5.83. The number of benzene rings is 2. The molecule has 0 fully saturated rings. The molecule has 0 aromatic heterocycles. The van der Waals surface area contributed by atoms with Crippen LogP contribution in [0.15, 0.2) is 42.5 Å². The Labute approximate surface area is 175 Å². The van der Waals surface area contributed by atoms with Crippen LogP contribution in [-0.2, 0) is 12.8 Å². The normalized spacial score (nSPS) is 15.6. The molecule has 3 rings (SSSR count). The molecule has 0 amide bonds. The highest BCUT2D eigenvalue weighted by Crippen LogP contribution is 2.30. The summed E-state index contributed by atoms with van der Waals surface area (Å²) in [5.74, 6) is 1.82. The van der Waals surface area contributed by atoms with Crippen LogP contribution < -0.4 is 9.47 Å². The fraction of sp³-hybridized carbons (Fsp3) is 0.500. The number of hydrogen-bond donors (Lipinski definition) is 0. The smallest absolute Gasteiger partial charge is 0.343 e. The van der Waals surface area contributed by atoms with E-state index in [4.69, 9.17) is 9.47 Å². The van der Waals surface area contributed by atoms with E-state index in [0.29, 0.717) is 17.9 Å². The lowest BCUT2D eigenvalue weighted by Gasteiger charge is -2.25. The molecule has 1 unspecified atom stereocenters. The zero-order valence-electron chi connectivity index (χ0n) is 17.9. The third kappa shape index (κ3) is 6.35. The number of hydrogen-bond acceptors (Lipinski definition) is 3. The Hall–Kier alpha value is -2.29. The first-order chi connectivity index (χ1) is 14.2. The largest absolute Gasteiger partial charge is 0.494 e. The molecule has 0 saturated carbocycles. The second-order valence-electron chi connectivity index (χ2n) is 8.09. The fourth-order valence-electron chi connectivity index (χ4n) is 4.18. The highest BCUT2D eigenvalue weighted by molar-refractivity contribution is 5.91. The van der Waals surface area contributed by atoms with Crippen LogP contribution in [0.5, 0.6) is 11.5 Å². The number of esters is 1. The summed E-state index contributed by atoms with van der Waals surface area (Å²) < 4.78 is 11.0. The van der Waals surface area contributed by atoms with E-state index in [9.17, 15) is 4.79 Å². The molecule has 1 aliphatic rings. The Bertz CT molecular complexity index is 779. The van der Waals surface area contributed by atoms with Gasteiger partial charge in [0, 0.05) is 0 Å². The SMILES string of the molecule is CCCCCCCC1CCc2cc(C(=O)Oc3ccc(OCC)cc3)ccc2C1. The topological polar surface area (TPSA) is 35.5 Å². The molecule has 1 atom stereocenters. The molecule has 0 N–H and O–H groups in total. The standard InChI is InChI=1S/C26H34O3/c1-3-5-6-7-8-9-20-10-11-22-19-23(13-12-21(22)18-20)26(27)29-25-16-14-24(15-17-25)28-4-2/h12-17,19-20H,3-11,18H2,1-2H3. The van der Waals surface area contributed by atoms with E-state index in [1.54, 1.807) is 12.1 Å². The van der Waals surface area contributed by atoms with Crippen molar-refractivity contribution in [1.29, 1.82) is 0 Å². The van der Waals surface area contributed by atoms with Gasteiger partial charge in [0.25, 0.3) is 0 Å². The van der Waals surface area contributed by atoms with Gasteiger partial charge in [-0.05, 0) is 79.6 Å². The number of ether oxygens (including phenoxy) is 2. The Morgan fingerprint density at radius 2 is 1.69 bits per heavy atom. The molecule has 2 aromatic carbocycles. The summed E-state index contributed by atoms with van der Waals surface area (Å²) in [6.45, 7) is 4.83. The van der Waals surface area contributed by atoms with E-state index in [0.717, 1.165) is 24.5 Å². The van der Waals surface area contributed by atoms with Crippen LogP contribution in [-0.4, -0.2) is 12.6 Å². The van der Waals surface area contributed by atoms with Crippen molar-refractivity contribution in [2.75, 3.05) is 6.61 Å². The van der Waals surface area contributed by atoms with Gasteiger partial charge in [0.05, 0.1) is 12.2 Å². The lowest BCUT2D eigenvalue weighted by Crippen LogP contribution is -2.16. The first kappa shape index (κ1) is 21.4. The molecule has 1 aliphatic carbocycles. The van der Waals surface area contributed by atoms with Crippen molar-refractivity contribution in [2.45, 2.75) is 71.6 Å². The van der Waals surface area contributed by atoms with Gasteiger partial charge >= 0.3 is 5.97 Å². The van der Waals surface area contributed by atoms with E-state index in [-0.39, 0.29) is 5.97 Å². The first-order valence-electron chi connectivity index (χ1n) is 11.3. The van der Waals surface area contributed by atoms with Crippen LogP contribution in [0.3, 0.4) is 0 Å². The van der Waals surface area contributed by atoms with Crippen molar-refractivity contribution in [2.24, 2.45) is 5.92 Å². The molecule has 3 nitrogen and oxygen atoms in total. The summed E-state index contributed by atoms with van der Waals surface area (Å²) in [7, 11) is 0. The van der Waals surface area contributed by atoms with Gasteiger partial charge in [0.2, 0.25) is 0 Å². The zero-order chi connectivity index (χ0) is 20.5. The van der Waals surface area contributed by atoms with Crippen molar-refractivity contribution in [3.05, 3.63) is 59.2 Å². The lowest BCUT2D eigenvalue weighted by atomic mass is 9.81. The first-order valence-corrected chi connectivity index (χ1v) is 11.3. The van der Waals surface area contributed by atoms with Crippen molar-refractivity contribution >= 4 is 5.97 Å². The average molecular weight is 395 g/mol. The molecule has 0 bridgehead atoms. The number of carbonyl (C=O) groups excluding carboxylic acids is 1. The summed E-state index contributed by atoms with van der Waals surface area (Å²) >= 11 is 0. The lowest BCUT2D eigenvalue weighted by molar-refractivity contribution is 0.0734. The van der Waals surface area contributed by atoms with E-state index >= 15 is 0 Å². The Morgan fingerprint density at radius 1 is 0.931 bits per heavy atom. The average Bonchev–Trinajstić information content (AvgIpc) is 2.74. The van der Waals surface area contributed by atoms with Gasteiger partial charge in [-0.25, -0.2) is 4.79 Å². The van der Waals surface area contributed by atoms with Gasteiger partial charge in [-0.2, -0.15) is 0 Å². The van der Waals surface area contributed by atoms with Crippen LogP contribution in [0, 0.1) is 5.92 Å². The molecule has 0 heterocycles. The second-order valence-corrected chi connectivity index (χ2v) is 8.09. The van der Waals surface area contributed by atoms with Crippen LogP contribution >= 0.6 is 0 Å². The third-order valence-electron chi connectivity index (χ3n) is 5.83. The summed E-state index contributed by atoms with van der Waals surface area (Å²) in [6.07, 6.45) is 11.6. The minimum Gasteiger partial charge on any atom is -0.494 e. The van der Waals surface area contributed by atoms with Crippen molar-refractivity contribution in [1.82, 2.24) is 0 Å². The van der Waals surface area contributed by atoms with Gasteiger partial charge in [0.1, 0.15) is 11.5 Å². The number of unbranched alkanes of at least 4 members (excludes halogenated alkanes) is 4. The maximum atomic E-state index is 12.5. The van der Waals surface area contributed by atoms with Crippen LogP contribution in [0.4, 0.5) is 0 Å². The predicted octanol–water partition coefficient (Wildman–Crippen LogP) is 6.77. The van der Waals surface area contributed by atoms with Crippen LogP contribution in [0.2, 0.25) is 0 Å². The Kier molecular flexibility index (Phi) is 8.15. The molecule has 0 radical (unpaired) electrons. The predicted molar refractivity (Wildman–Crippen MR) is 118 cm³/mol. The molecular weight excluding hydrogens is 360 g/mol. The summed E-state index contributed by atoms with van der Waals surface area (Å²) in [5.41, 5.74) is 3.36. The monoisotopic (exact) mass is 394 g/mol. The van der Waals surface area contributed by atoms with E-state index in [1.807, 2.05) is 31.2 Å². The van der Waals surface area contributed by atoms with Gasteiger partial charge < -0.3 is 9.47 Å². The molecule has 2 aromatic rings. The number of fused-ring (bicyclic) bond motifs is 1. The molecule has 0 spiro atoms. The highest BCUT2D eigenvalue weighted by atomic mass is 16.5. The molecule has 3 heteroatoms. The molecule has 0 aliphatic heterocycles. The molecule has 156 valence electrons. The van der Waals surface area contributed by atoms with Gasteiger partial charge in [-0.3, -0.25) is 0 Å². The second kappa shape index (κ2) is 11.0. The minimum absolute atomic E-state index is 0.296. The molecule has 0 saturated heterocycles. The quantitative estimate of drug-likeness (QED) is 0.253. The van der Waals surface area contributed by atoms with Gasteiger partial charge in [-0.15, -0.1) is 0 Å². The Balaban J connectivity index is 1.53. The zero-order valence-corrected chi connectivity index (χ0v) is 17.9. The summed E-state index contributed by atoms with van der Waals surface area (Å²) in [6, 6.07) is 13.3. The van der Waals surface area contributed by atoms with E-state index in [1.165, 1.54) is 56.1 Å². The summed E-state index contributed by atoms with van der Waals surface area (Å²) in [4.78, 5) is 12.5. The number of aryl methyl sites for hydroxylation is 1. The fourth-order valence-corrected chi connectivity index (χ4v) is 4.18. The summed E-state index contributed by atoms with van der Waals surface area (Å²) in [5, 5.41) is 0. The van der Waals surface area contributed by atoms with Crippen LogP contribution in [0.1, 0.15) is 80.3 Å². The Morgan fingerprint density at radius 3 is 2.45 bits per heavy atom. The van der Waals surface area contributed by atoms with Gasteiger partial charge in [0.15, 0.2) is 0 Å². The highest BCUT2D eigenvalue weighted by Gasteiger charge is 2.20. The van der Waals surface area contributed by atoms with E-state index < -0.39 is 0 Å². The van der Waals surface area contributed by atoms with Crippen molar-refractivity contribution in [3.63, 3.8) is 0 Å². The van der Waals surface area contributed by atoms with Crippen molar-refractivity contribution < 1.29 is 14.3 Å². The minimum atomic E-state index is -0.296. The number of carbonyl (C=O) groups is 1. The number of rotatable bonds is 10. The van der Waals surface area contributed by atoms with E-state index in [2.05, 4.69) is 13.0 Å². The molecule has 29 heavy (non-hydrogen) atoms. The molecular formula is C26H34O3. The maximum absolute atomic E-state index is 12.5. The maximum Gasteiger partial charge on any atom is 0.343 e.